The molecule has 0 spiro atoms. The van der Waals surface area contributed by atoms with E-state index in [0.29, 0.717) is 0 Å². The third-order valence-electron chi connectivity index (χ3n) is 2.62. The van der Waals surface area contributed by atoms with Gasteiger partial charge in [0, 0.05) is 29.1 Å². The van der Waals surface area contributed by atoms with Crippen LogP contribution < -0.4 is 9.47 Å². The molecular weight excluding hydrogens is 190 g/mol. The first-order chi connectivity index (χ1) is 7.33. The number of aryl methyl sites for hydroxylation is 1. The third-order valence-corrected chi connectivity index (χ3v) is 2.62. The molecule has 2 aromatic rings. The van der Waals surface area contributed by atoms with Crippen LogP contribution in [0.25, 0.3) is 10.9 Å². The molecule has 1 aliphatic rings. The number of hydrogen-bond acceptors (Lipinski definition) is 2. The van der Waals surface area contributed by atoms with Crippen molar-refractivity contribution in [1.82, 2.24) is 4.98 Å². The number of aromatic nitrogens is 1. The van der Waals surface area contributed by atoms with Crippen LogP contribution in [-0.4, -0.2) is 18.2 Å². The van der Waals surface area contributed by atoms with E-state index in [1.54, 1.807) is 0 Å². The number of fused-ring (bicyclic) bond motifs is 2. The summed E-state index contributed by atoms with van der Waals surface area (Å²) in [4.78, 5) is 3.29. The second-order valence-electron chi connectivity index (χ2n) is 3.89. The summed E-state index contributed by atoms with van der Waals surface area (Å²) in [6.45, 7) is 3.52. The Morgan fingerprint density at radius 2 is 1.80 bits per heavy atom. The molecule has 0 unspecified atom stereocenters. The molecule has 0 fully saturated rings. The van der Waals surface area contributed by atoms with Crippen LogP contribution in [0.5, 0.6) is 11.5 Å². The molecule has 15 heavy (non-hydrogen) atoms. The molecule has 1 aromatic heterocycles. The Bertz CT molecular complexity index is 459. The van der Waals surface area contributed by atoms with Gasteiger partial charge in [0.05, 0.1) is 13.2 Å². The fourth-order valence-electron chi connectivity index (χ4n) is 1.93. The average molecular weight is 203 g/mol. The average Bonchev–Trinajstić information content (AvgIpc) is 2.44. The summed E-state index contributed by atoms with van der Waals surface area (Å²) in [5, 5.41) is 1.18. The fourth-order valence-corrected chi connectivity index (χ4v) is 1.93. The van der Waals surface area contributed by atoms with Crippen LogP contribution >= 0.6 is 0 Å². The zero-order valence-electron chi connectivity index (χ0n) is 8.67. The first kappa shape index (κ1) is 8.65. The molecule has 3 nitrogen and oxygen atoms in total. The Morgan fingerprint density at radius 3 is 2.60 bits per heavy atom. The van der Waals surface area contributed by atoms with Crippen LogP contribution in [-0.2, 0) is 0 Å². The number of rotatable bonds is 0. The Kier molecular flexibility index (Phi) is 1.84. The highest BCUT2D eigenvalue weighted by molar-refractivity contribution is 5.84. The minimum Gasteiger partial charge on any atom is -0.490 e. The molecule has 1 aliphatic heterocycles. The molecule has 0 radical (unpaired) electrons. The fraction of sp³-hybridized carbons (Fsp3) is 0.333. The predicted molar refractivity (Wildman–Crippen MR) is 58.6 cm³/mol. The summed E-state index contributed by atoms with van der Waals surface area (Å²) in [5.41, 5.74) is 2.27. The summed E-state index contributed by atoms with van der Waals surface area (Å²) in [5.74, 6) is 1.71. The summed E-state index contributed by atoms with van der Waals surface area (Å²) < 4.78 is 11.2. The molecule has 0 atom stereocenters. The van der Waals surface area contributed by atoms with E-state index in [1.165, 1.54) is 5.39 Å². The van der Waals surface area contributed by atoms with Crippen LogP contribution in [0.15, 0.2) is 18.2 Å². The van der Waals surface area contributed by atoms with E-state index in [0.717, 1.165) is 42.3 Å². The maximum absolute atomic E-state index is 5.63. The van der Waals surface area contributed by atoms with Gasteiger partial charge >= 0.3 is 0 Å². The van der Waals surface area contributed by atoms with Gasteiger partial charge in [-0.3, -0.25) is 0 Å². The van der Waals surface area contributed by atoms with Crippen LogP contribution in [0.1, 0.15) is 12.1 Å². The monoisotopic (exact) mass is 203 g/mol. The zero-order valence-corrected chi connectivity index (χ0v) is 8.67. The first-order valence-electron chi connectivity index (χ1n) is 5.22. The Morgan fingerprint density at radius 1 is 1.07 bits per heavy atom. The molecule has 2 heterocycles. The minimum atomic E-state index is 0.734. The highest BCUT2D eigenvalue weighted by atomic mass is 16.5. The SMILES string of the molecule is Cc1cc2cc3c(cc2[nH]1)OCCCO3. The van der Waals surface area contributed by atoms with E-state index < -0.39 is 0 Å². The molecule has 0 saturated heterocycles. The Balaban J connectivity index is 2.19. The van der Waals surface area contributed by atoms with Gasteiger partial charge in [-0.05, 0) is 19.1 Å². The van der Waals surface area contributed by atoms with Gasteiger partial charge in [-0.2, -0.15) is 0 Å². The molecule has 0 aliphatic carbocycles. The lowest BCUT2D eigenvalue weighted by atomic mass is 10.2. The van der Waals surface area contributed by atoms with Gasteiger partial charge in [0.2, 0.25) is 0 Å². The molecular formula is C12H13NO2. The van der Waals surface area contributed by atoms with Crippen molar-refractivity contribution in [1.29, 1.82) is 0 Å². The lowest BCUT2D eigenvalue weighted by Crippen LogP contribution is -1.97. The van der Waals surface area contributed by atoms with Crippen molar-refractivity contribution in [2.24, 2.45) is 0 Å². The smallest absolute Gasteiger partial charge is 0.163 e. The maximum Gasteiger partial charge on any atom is 0.163 e. The van der Waals surface area contributed by atoms with Crippen molar-refractivity contribution in [2.75, 3.05) is 13.2 Å². The lowest BCUT2D eigenvalue weighted by molar-refractivity contribution is 0.297. The van der Waals surface area contributed by atoms with Crippen LogP contribution in [0.3, 0.4) is 0 Å². The number of aromatic amines is 1. The van der Waals surface area contributed by atoms with Crippen molar-refractivity contribution in [3.8, 4) is 11.5 Å². The summed E-state index contributed by atoms with van der Waals surface area (Å²) in [7, 11) is 0. The van der Waals surface area contributed by atoms with Crippen LogP contribution in [0.4, 0.5) is 0 Å². The highest BCUT2D eigenvalue weighted by Crippen LogP contribution is 2.34. The zero-order chi connectivity index (χ0) is 10.3. The lowest BCUT2D eigenvalue weighted by Gasteiger charge is -2.06. The normalized spacial score (nSPS) is 15.3. The summed E-state index contributed by atoms with van der Waals surface area (Å²) >= 11 is 0. The van der Waals surface area contributed by atoms with Gasteiger partial charge in [0.25, 0.3) is 0 Å². The van der Waals surface area contributed by atoms with Crippen molar-refractivity contribution >= 4 is 10.9 Å². The predicted octanol–water partition coefficient (Wildman–Crippen LogP) is 2.64. The summed E-state index contributed by atoms with van der Waals surface area (Å²) in [6.07, 6.45) is 0.946. The van der Waals surface area contributed by atoms with Crippen molar-refractivity contribution < 1.29 is 9.47 Å². The molecule has 0 saturated carbocycles. The quantitative estimate of drug-likeness (QED) is 0.714. The topological polar surface area (TPSA) is 34.2 Å². The summed E-state index contributed by atoms with van der Waals surface area (Å²) in [6, 6.07) is 6.17. The van der Waals surface area contributed by atoms with E-state index in [1.807, 2.05) is 19.1 Å². The van der Waals surface area contributed by atoms with Gasteiger partial charge < -0.3 is 14.5 Å². The van der Waals surface area contributed by atoms with E-state index in [-0.39, 0.29) is 0 Å². The number of nitrogens with one attached hydrogen (secondary N) is 1. The number of benzene rings is 1. The largest absolute Gasteiger partial charge is 0.490 e. The van der Waals surface area contributed by atoms with Gasteiger partial charge in [0.1, 0.15) is 0 Å². The number of ether oxygens (including phenoxy) is 2. The van der Waals surface area contributed by atoms with Crippen molar-refractivity contribution in [3.05, 3.63) is 23.9 Å². The van der Waals surface area contributed by atoms with E-state index in [2.05, 4.69) is 11.1 Å². The number of hydrogen-bond donors (Lipinski definition) is 1. The van der Waals surface area contributed by atoms with Gasteiger partial charge in [0.15, 0.2) is 11.5 Å². The molecule has 1 N–H and O–H groups in total. The van der Waals surface area contributed by atoms with Crippen molar-refractivity contribution in [2.45, 2.75) is 13.3 Å². The maximum atomic E-state index is 5.63. The molecule has 78 valence electrons. The highest BCUT2D eigenvalue weighted by Gasteiger charge is 2.12. The first-order valence-corrected chi connectivity index (χ1v) is 5.22. The third kappa shape index (κ3) is 1.44. The van der Waals surface area contributed by atoms with Gasteiger partial charge in [-0.15, -0.1) is 0 Å². The molecule has 0 amide bonds. The van der Waals surface area contributed by atoms with Crippen LogP contribution in [0.2, 0.25) is 0 Å². The Labute approximate surface area is 88.0 Å². The Hall–Kier alpha value is -1.64. The number of H-pyrrole nitrogens is 1. The van der Waals surface area contributed by atoms with E-state index in [9.17, 15) is 0 Å². The molecule has 0 bridgehead atoms. The second kappa shape index (κ2) is 3.19. The van der Waals surface area contributed by atoms with Gasteiger partial charge in [-0.1, -0.05) is 0 Å². The molecule has 1 aromatic carbocycles. The minimum absolute atomic E-state index is 0.734. The molecule has 3 heteroatoms. The van der Waals surface area contributed by atoms with Crippen molar-refractivity contribution in [3.63, 3.8) is 0 Å². The van der Waals surface area contributed by atoms with Crippen LogP contribution in [0, 0.1) is 6.92 Å². The molecule has 3 rings (SSSR count). The second-order valence-corrected chi connectivity index (χ2v) is 3.89. The standard InChI is InChI=1S/C12H13NO2/c1-8-5-9-6-11-12(7-10(9)13-8)15-4-2-3-14-11/h5-7,13H,2-4H2,1H3. The van der Waals surface area contributed by atoms with E-state index >= 15 is 0 Å². The van der Waals surface area contributed by atoms with Gasteiger partial charge in [-0.25, -0.2) is 0 Å². The van der Waals surface area contributed by atoms with E-state index in [4.69, 9.17) is 9.47 Å².